The lowest BCUT2D eigenvalue weighted by molar-refractivity contribution is -0.166. The molecule has 114 valence electrons. The van der Waals surface area contributed by atoms with E-state index in [2.05, 4.69) is 11.9 Å². The second-order valence-corrected chi connectivity index (χ2v) is 6.53. The van der Waals surface area contributed by atoms with Crippen LogP contribution in [-0.4, -0.2) is 67.0 Å². The van der Waals surface area contributed by atoms with Gasteiger partial charge in [-0.25, -0.2) is 0 Å². The molecular weight excluding hydrogens is 258 g/mol. The summed E-state index contributed by atoms with van der Waals surface area (Å²) in [6, 6.07) is 0. The van der Waals surface area contributed by atoms with Gasteiger partial charge in [-0.1, -0.05) is 6.92 Å². The minimum absolute atomic E-state index is 0.126. The van der Waals surface area contributed by atoms with Gasteiger partial charge in [0.05, 0.1) is 13.2 Å². The Hall–Kier alpha value is -1.14. The van der Waals surface area contributed by atoms with Gasteiger partial charge >= 0.3 is 0 Å². The van der Waals surface area contributed by atoms with E-state index in [0.29, 0.717) is 13.2 Å². The summed E-state index contributed by atoms with van der Waals surface area (Å²) in [5.41, 5.74) is 3.99. The number of nitrogens with zero attached hydrogens (tertiary/aromatic N) is 2. The highest BCUT2D eigenvalue weighted by atomic mass is 16.5. The highest BCUT2D eigenvalue weighted by Gasteiger charge is 2.44. The largest absolute Gasteiger partial charge is 0.367 e. The molecule has 2 amide bonds. The van der Waals surface area contributed by atoms with Gasteiger partial charge in [-0.15, -0.1) is 0 Å². The zero-order valence-electron chi connectivity index (χ0n) is 12.6. The van der Waals surface area contributed by atoms with Gasteiger partial charge in [-0.3, -0.25) is 9.59 Å². The van der Waals surface area contributed by atoms with E-state index in [1.54, 1.807) is 11.8 Å². The smallest absolute Gasteiger partial charge is 0.251 e. The lowest BCUT2D eigenvalue weighted by Gasteiger charge is -2.44. The molecule has 0 bridgehead atoms. The van der Waals surface area contributed by atoms with Crippen LogP contribution in [0, 0.1) is 5.41 Å². The van der Waals surface area contributed by atoms with Gasteiger partial charge in [0, 0.05) is 12.0 Å². The van der Waals surface area contributed by atoms with Crippen molar-refractivity contribution in [3.8, 4) is 0 Å². The molecule has 2 heterocycles. The standard InChI is InChI=1S/C14H25N3O3/c1-13(4-6-16(3)7-5-13)12(19)17-8-9-20-14(2,10-17)11(15)18/h4-10H2,1-3H3,(H2,15,18)/t14-/m1/s1. The summed E-state index contributed by atoms with van der Waals surface area (Å²) in [6.07, 6.45) is 1.71. The van der Waals surface area contributed by atoms with Crippen LogP contribution in [0.25, 0.3) is 0 Å². The average Bonchev–Trinajstić information content (AvgIpc) is 2.41. The number of hydrogen-bond donors (Lipinski definition) is 1. The van der Waals surface area contributed by atoms with Crippen molar-refractivity contribution in [2.75, 3.05) is 39.8 Å². The summed E-state index contributed by atoms with van der Waals surface area (Å²) in [6.45, 7) is 6.70. The molecule has 0 saturated carbocycles. The first-order valence-corrected chi connectivity index (χ1v) is 7.19. The van der Waals surface area contributed by atoms with Crippen LogP contribution in [0.1, 0.15) is 26.7 Å². The molecule has 6 heteroatoms. The van der Waals surface area contributed by atoms with Crippen LogP contribution in [-0.2, 0) is 14.3 Å². The second kappa shape index (κ2) is 5.33. The van der Waals surface area contributed by atoms with Crippen molar-refractivity contribution in [3.05, 3.63) is 0 Å². The first kappa shape index (κ1) is 15.3. The van der Waals surface area contributed by atoms with Crippen molar-refractivity contribution in [2.24, 2.45) is 11.1 Å². The van der Waals surface area contributed by atoms with Gasteiger partial charge in [0.1, 0.15) is 0 Å². The van der Waals surface area contributed by atoms with Crippen molar-refractivity contribution in [3.63, 3.8) is 0 Å². The number of hydrogen-bond acceptors (Lipinski definition) is 4. The number of carbonyl (C=O) groups excluding carboxylic acids is 2. The molecule has 0 aromatic rings. The third kappa shape index (κ3) is 2.81. The van der Waals surface area contributed by atoms with E-state index in [4.69, 9.17) is 10.5 Å². The Morgan fingerprint density at radius 2 is 1.75 bits per heavy atom. The highest BCUT2D eigenvalue weighted by Crippen LogP contribution is 2.33. The van der Waals surface area contributed by atoms with Crippen LogP contribution in [0.2, 0.25) is 0 Å². The minimum Gasteiger partial charge on any atom is -0.367 e. The van der Waals surface area contributed by atoms with E-state index in [1.807, 2.05) is 6.92 Å². The fourth-order valence-corrected chi connectivity index (χ4v) is 2.90. The number of nitrogens with two attached hydrogens (primary N) is 1. The molecule has 0 unspecified atom stereocenters. The normalized spacial score (nSPS) is 31.1. The Bertz CT molecular complexity index is 404. The molecular formula is C14H25N3O3. The minimum atomic E-state index is -1.06. The van der Waals surface area contributed by atoms with Crippen molar-refractivity contribution >= 4 is 11.8 Å². The maximum Gasteiger partial charge on any atom is 0.251 e. The molecule has 2 aliphatic heterocycles. The lowest BCUT2D eigenvalue weighted by atomic mass is 9.78. The molecule has 0 spiro atoms. The molecule has 6 nitrogen and oxygen atoms in total. The quantitative estimate of drug-likeness (QED) is 0.763. The highest BCUT2D eigenvalue weighted by molar-refractivity contribution is 5.86. The SMILES string of the molecule is CN1CCC(C)(C(=O)N2CCO[C@@](C)(C(N)=O)C2)CC1. The number of morpholine rings is 1. The third-order valence-electron chi connectivity index (χ3n) is 4.69. The van der Waals surface area contributed by atoms with E-state index in [0.717, 1.165) is 25.9 Å². The van der Waals surface area contributed by atoms with Crippen LogP contribution in [0.5, 0.6) is 0 Å². The summed E-state index contributed by atoms with van der Waals surface area (Å²) in [5, 5.41) is 0. The Balaban J connectivity index is 2.07. The molecule has 0 radical (unpaired) electrons. The molecule has 2 rings (SSSR count). The molecule has 1 atom stereocenters. The molecule has 20 heavy (non-hydrogen) atoms. The van der Waals surface area contributed by atoms with Gasteiger partial charge < -0.3 is 20.3 Å². The van der Waals surface area contributed by atoms with Crippen molar-refractivity contribution in [2.45, 2.75) is 32.3 Å². The second-order valence-electron chi connectivity index (χ2n) is 6.53. The van der Waals surface area contributed by atoms with Crippen LogP contribution in [0.15, 0.2) is 0 Å². The predicted molar refractivity (Wildman–Crippen MR) is 75.0 cm³/mol. The molecule has 0 aliphatic carbocycles. The monoisotopic (exact) mass is 283 g/mol. The number of primary amides is 1. The topological polar surface area (TPSA) is 75.9 Å². The number of ether oxygens (including phenoxy) is 1. The van der Waals surface area contributed by atoms with Gasteiger partial charge in [0.2, 0.25) is 5.91 Å². The summed E-state index contributed by atoms with van der Waals surface area (Å²) in [5.74, 6) is -0.384. The van der Waals surface area contributed by atoms with Crippen molar-refractivity contribution in [1.29, 1.82) is 0 Å². The number of piperidine rings is 1. The van der Waals surface area contributed by atoms with Gasteiger partial charge in [0.15, 0.2) is 5.60 Å². The van der Waals surface area contributed by atoms with E-state index in [-0.39, 0.29) is 17.9 Å². The molecule has 2 N–H and O–H groups in total. The molecule has 2 fully saturated rings. The van der Waals surface area contributed by atoms with Gasteiger partial charge in [0.25, 0.3) is 5.91 Å². The van der Waals surface area contributed by atoms with Crippen LogP contribution in [0.3, 0.4) is 0 Å². The molecule has 2 saturated heterocycles. The van der Waals surface area contributed by atoms with Crippen molar-refractivity contribution in [1.82, 2.24) is 9.80 Å². The Labute approximate surface area is 120 Å². The van der Waals surface area contributed by atoms with E-state index in [1.165, 1.54) is 0 Å². The fraction of sp³-hybridized carbons (Fsp3) is 0.857. The summed E-state index contributed by atoms with van der Waals surface area (Å²) >= 11 is 0. The van der Waals surface area contributed by atoms with Crippen LogP contribution in [0.4, 0.5) is 0 Å². The van der Waals surface area contributed by atoms with Crippen LogP contribution < -0.4 is 5.73 Å². The maximum atomic E-state index is 12.8. The Morgan fingerprint density at radius 1 is 1.15 bits per heavy atom. The molecule has 0 aromatic carbocycles. The molecule has 0 aromatic heterocycles. The number of carbonyl (C=O) groups is 2. The summed E-state index contributed by atoms with van der Waals surface area (Å²) in [7, 11) is 2.07. The number of rotatable bonds is 2. The summed E-state index contributed by atoms with van der Waals surface area (Å²) < 4.78 is 5.47. The van der Waals surface area contributed by atoms with E-state index < -0.39 is 11.5 Å². The maximum absolute atomic E-state index is 12.8. The molecule has 2 aliphatic rings. The van der Waals surface area contributed by atoms with Crippen LogP contribution >= 0.6 is 0 Å². The lowest BCUT2D eigenvalue weighted by Crippen LogP contribution is -2.60. The Morgan fingerprint density at radius 3 is 2.30 bits per heavy atom. The van der Waals surface area contributed by atoms with E-state index in [9.17, 15) is 9.59 Å². The predicted octanol–water partition coefficient (Wildman–Crippen LogP) is -0.179. The zero-order chi connectivity index (χ0) is 15.0. The average molecular weight is 283 g/mol. The first-order valence-electron chi connectivity index (χ1n) is 7.19. The Kier molecular flexibility index (Phi) is 4.07. The summed E-state index contributed by atoms with van der Waals surface area (Å²) in [4.78, 5) is 28.3. The van der Waals surface area contributed by atoms with Crippen molar-refractivity contribution < 1.29 is 14.3 Å². The van der Waals surface area contributed by atoms with Gasteiger partial charge in [-0.05, 0) is 39.9 Å². The number of amides is 2. The van der Waals surface area contributed by atoms with E-state index >= 15 is 0 Å². The third-order valence-corrected chi connectivity index (χ3v) is 4.69. The number of likely N-dealkylation sites (tertiary alicyclic amines) is 1. The first-order chi connectivity index (χ1) is 9.27. The fourth-order valence-electron chi connectivity index (χ4n) is 2.90. The zero-order valence-corrected chi connectivity index (χ0v) is 12.6. The van der Waals surface area contributed by atoms with Gasteiger partial charge in [-0.2, -0.15) is 0 Å².